The standard InChI is InChI=1S/C20H24N4O3/c1-13-10-23(20(26)27)19-8-16(6-7-18(19)24(13)14(2)25)17-9-21-22(12-17)11-15-4-3-5-15/h6-9,12-13,15H,3-5,10-11H2,1-2H3,(H,26,27)/t13-/m0/s1. The van der Waals surface area contributed by atoms with Crippen LogP contribution in [0, 0.1) is 5.92 Å². The van der Waals surface area contributed by atoms with E-state index >= 15 is 0 Å². The summed E-state index contributed by atoms with van der Waals surface area (Å²) in [5, 5.41) is 14.1. The van der Waals surface area contributed by atoms with Gasteiger partial charge in [0.2, 0.25) is 5.91 Å². The summed E-state index contributed by atoms with van der Waals surface area (Å²) in [6, 6.07) is 5.40. The van der Waals surface area contributed by atoms with E-state index < -0.39 is 6.09 Å². The van der Waals surface area contributed by atoms with Gasteiger partial charge in [0.15, 0.2) is 0 Å². The lowest BCUT2D eigenvalue weighted by Crippen LogP contribution is -2.51. The van der Waals surface area contributed by atoms with Gasteiger partial charge in [0.25, 0.3) is 0 Å². The van der Waals surface area contributed by atoms with Crippen LogP contribution in [-0.4, -0.2) is 39.5 Å². The summed E-state index contributed by atoms with van der Waals surface area (Å²) in [4.78, 5) is 26.8. The smallest absolute Gasteiger partial charge is 0.411 e. The largest absolute Gasteiger partial charge is 0.465 e. The monoisotopic (exact) mass is 368 g/mol. The number of carboxylic acid groups (broad SMARTS) is 1. The van der Waals surface area contributed by atoms with Gasteiger partial charge in [-0.15, -0.1) is 0 Å². The highest BCUT2D eigenvalue weighted by Crippen LogP contribution is 2.39. The Kier molecular flexibility index (Phi) is 4.37. The van der Waals surface area contributed by atoms with Crippen LogP contribution in [0.1, 0.15) is 33.1 Å². The van der Waals surface area contributed by atoms with E-state index in [9.17, 15) is 14.7 Å². The molecule has 1 aliphatic heterocycles. The summed E-state index contributed by atoms with van der Waals surface area (Å²) in [6.45, 7) is 4.56. The summed E-state index contributed by atoms with van der Waals surface area (Å²) in [6.07, 6.45) is 6.66. The van der Waals surface area contributed by atoms with Crippen LogP contribution < -0.4 is 9.80 Å². The van der Waals surface area contributed by atoms with E-state index in [2.05, 4.69) is 5.10 Å². The van der Waals surface area contributed by atoms with Crippen LogP contribution in [0.2, 0.25) is 0 Å². The lowest BCUT2D eigenvalue weighted by molar-refractivity contribution is -0.117. The van der Waals surface area contributed by atoms with E-state index in [0.717, 1.165) is 23.6 Å². The minimum absolute atomic E-state index is 0.0881. The Morgan fingerprint density at radius 3 is 2.63 bits per heavy atom. The number of rotatable bonds is 3. The zero-order chi connectivity index (χ0) is 19.1. The highest BCUT2D eigenvalue weighted by molar-refractivity contribution is 6.02. The fourth-order valence-electron chi connectivity index (χ4n) is 4.02. The lowest BCUT2D eigenvalue weighted by Gasteiger charge is -2.39. The number of hydrogen-bond donors (Lipinski definition) is 1. The number of fused-ring (bicyclic) bond motifs is 1. The molecular formula is C20H24N4O3. The SMILES string of the molecule is CC(=O)N1c2ccc(-c3cnn(CC4CCC4)c3)cc2N(C(=O)O)C[C@@H]1C. The maximum Gasteiger partial charge on any atom is 0.411 e. The van der Waals surface area contributed by atoms with Crippen molar-refractivity contribution in [2.24, 2.45) is 5.92 Å². The molecule has 1 saturated carbocycles. The molecule has 1 N–H and O–H groups in total. The molecule has 142 valence electrons. The van der Waals surface area contributed by atoms with Crippen LogP contribution in [0.15, 0.2) is 30.6 Å². The Hall–Kier alpha value is -2.83. The molecule has 0 bridgehead atoms. The third-order valence-electron chi connectivity index (χ3n) is 5.62. The molecule has 1 atom stereocenters. The van der Waals surface area contributed by atoms with Crippen molar-refractivity contribution in [1.82, 2.24) is 9.78 Å². The van der Waals surface area contributed by atoms with Gasteiger partial charge in [-0.05, 0) is 43.4 Å². The highest BCUT2D eigenvalue weighted by atomic mass is 16.4. The number of anilines is 2. The number of carbonyl (C=O) groups excluding carboxylic acids is 1. The maximum absolute atomic E-state index is 12.1. The molecule has 0 unspecified atom stereocenters. The van der Waals surface area contributed by atoms with Crippen LogP contribution in [0.3, 0.4) is 0 Å². The second-order valence-electron chi connectivity index (χ2n) is 7.58. The summed E-state index contributed by atoms with van der Waals surface area (Å²) in [7, 11) is 0. The van der Waals surface area contributed by atoms with E-state index in [1.54, 1.807) is 4.90 Å². The first-order valence-electron chi connectivity index (χ1n) is 9.41. The molecule has 27 heavy (non-hydrogen) atoms. The van der Waals surface area contributed by atoms with Gasteiger partial charge in [-0.25, -0.2) is 4.79 Å². The van der Waals surface area contributed by atoms with Crippen LogP contribution in [0.5, 0.6) is 0 Å². The molecular weight excluding hydrogens is 344 g/mol. The van der Waals surface area contributed by atoms with Crippen LogP contribution in [0.4, 0.5) is 16.2 Å². The second-order valence-corrected chi connectivity index (χ2v) is 7.58. The molecule has 1 fully saturated rings. The van der Waals surface area contributed by atoms with Gasteiger partial charge in [-0.1, -0.05) is 12.5 Å². The predicted molar refractivity (Wildman–Crippen MR) is 103 cm³/mol. The number of carbonyl (C=O) groups is 2. The van der Waals surface area contributed by atoms with Gasteiger partial charge in [-0.3, -0.25) is 14.4 Å². The van der Waals surface area contributed by atoms with Crippen molar-refractivity contribution < 1.29 is 14.7 Å². The van der Waals surface area contributed by atoms with Crippen molar-refractivity contribution in [3.8, 4) is 11.1 Å². The fourth-order valence-corrected chi connectivity index (χ4v) is 4.02. The zero-order valence-electron chi connectivity index (χ0n) is 15.6. The number of amides is 2. The predicted octanol–water partition coefficient (Wildman–Crippen LogP) is 3.59. The number of nitrogens with zero attached hydrogens (tertiary/aromatic N) is 4. The van der Waals surface area contributed by atoms with Crippen molar-refractivity contribution in [2.45, 2.75) is 45.7 Å². The van der Waals surface area contributed by atoms with E-state index in [1.807, 2.05) is 42.2 Å². The van der Waals surface area contributed by atoms with Gasteiger partial charge < -0.3 is 10.0 Å². The van der Waals surface area contributed by atoms with Gasteiger partial charge in [-0.2, -0.15) is 5.10 Å². The molecule has 7 nitrogen and oxygen atoms in total. The molecule has 1 aromatic carbocycles. The highest BCUT2D eigenvalue weighted by Gasteiger charge is 2.33. The van der Waals surface area contributed by atoms with Crippen molar-refractivity contribution in [2.75, 3.05) is 16.3 Å². The molecule has 2 aromatic rings. The first-order chi connectivity index (χ1) is 12.9. The van der Waals surface area contributed by atoms with Gasteiger partial charge in [0, 0.05) is 31.8 Å². The third kappa shape index (κ3) is 3.18. The van der Waals surface area contributed by atoms with E-state index in [0.29, 0.717) is 11.4 Å². The maximum atomic E-state index is 12.1. The zero-order valence-corrected chi connectivity index (χ0v) is 15.6. The molecule has 4 rings (SSSR count). The van der Waals surface area contributed by atoms with Crippen molar-refractivity contribution in [3.63, 3.8) is 0 Å². The molecule has 2 amide bonds. The molecule has 2 heterocycles. The average molecular weight is 368 g/mol. The Morgan fingerprint density at radius 2 is 2.00 bits per heavy atom. The topological polar surface area (TPSA) is 78.7 Å². The lowest BCUT2D eigenvalue weighted by atomic mass is 9.85. The number of hydrogen-bond acceptors (Lipinski definition) is 3. The quantitative estimate of drug-likeness (QED) is 0.898. The summed E-state index contributed by atoms with van der Waals surface area (Å²) >= 11 is 0. The van der Waals surface area contributed by atoms with Crippen LogP contribution in [0.25, 0.3) is 11.1 Å². The van der Waals surface area contributed by atoms with Crippen LogP contribution >= 0.6 is 0 Å². The van der Waals surface area contributed by atoms with Gasteiger partial charge >= 0.3 is 6.09 Å². The Labute approximate surface area is 158 Å². The molecule has 7 heteroatoms. The molecule has 0 radical (unpaired) electrons. The minimum Gasteiger partial charge on any atom is -0.465 e. The molecule has 1 aliphatic carbocycles. The van der Waals surface area contributed by atoms with E-state index in [-0.39, 0.29) is 18.5 Å². The van der Waals surface area contributed by atoms with Gasteiger partial charge in [0.1, 0.15) is 0 Å². The van der Waals surface area contributed by atoms with Crippen molar-refractivity contribution in [1.29, 1.82) is 0 Å². The number of aromatic nitrogens is 2. The third-order valence-corrected chi connectivity index (χ3v) is 5.62. The van der Waals surface area contributed by atoms with Crippen molar-refractivity contribution in [3.05, 3.63) is 30.6 Å². The Balaban J connectivity index is 1.69. The molecule has 0 spiro atoms. The number of benzene rings is 1. The fraction of sp³-hybridized carbons (Fsp3) is 0.450. The van der Waals surface area contributed by atoms with Crippen molar-refractivity contribution >= 4 is 23.4 Å². The summed E-state index contributed by atoms with van der Waals surface area (Å²) < 4.78 is 1.97. The Bertz CT molecular complexity index is 887. The van der Waals surface area contributed by atoms with Crippen LogP contribution in [-0.2, 0) is 11.3 Å². The molecule has 2 aliphatic rings. The molecule has 1 aromatic heterocycles. The normalized spacial score (nSPS) is 19.6. The first kappa shape index (κ1) is 17.6. The second kappa shape index (κ2) is 6.72. The van der Waals surface area contributed by atoms with E-state index in [1.165, 1.54) is 31.1 Å². The summed E-state index contributed by atoms with van der Waals surface area (Å²) in [5.74, 6) is 0.629. The van der Waals surface area contributed by atoms with Gasteiger partial charge in [0.05, 0.1) is 23.6 Å². The Morgan fingerprint density at radius 1 is 1.22 bits per heavy atom. The average Bonchev–Trinajstić information content (AvgIpc) is 3.05. The minimum atomic E-state index is -1.01. The molecule has 0 saturated heterocycles. The summed E-state index contributed by atoms with van der Waals surface area (Å²) in [5.41, 5.74) is 3.03. The first-order valence-corrected chi connectivity index (χ1v) is 9.41. The van der Waals surface area contributed by atoms with E-state index in [4.69, 9.17) is 0 Å².